The molecule has 0 saturated carbocycles. The first kappa shape index (κ1) is 6.29. The van der Waals surface area contributed by atoms with Crippen molar-refractivity contribution in [2.24, 2.45) is 0 Å². The molecule has 0 aromatic rings. The average molecular weight is 150 g/mol. The smallest absolute Gasteiger partial charge is 0.0281 e. The molecule has 1 atom stereocenters. The lowest BCUT2D eigenvalue weighted by molar-refractivity contribution is 0.984. The van der Waals surface area contributed by atoms with E-state index in [2.05, 4.69) is 31.2 Å². The molecule has 0 saturated heterocycles. The minimum atomic E-state index is 0.742. The van der Waals surface area contributed by atoms with Gasteiger partial charge >= 0.3 is 0 Å². The lowest BCUT2D eigenvalue weighted by Crippen LogP contribution is -1.88. The standard InChI is InChI=1S/C9H10S/c1-2-8-6-7-4-3-5-9(7)10-8/h3-6,8H,2H2,1H3. The van der Waals surface area contributed by atoms with E-state index in [9.17, 15) is 0 Å². The minimum Gasteiger partial charge on any atom is -0.118 e. The molecule has 0 bridgehead atoms. The van der Waals surface area contributed by atoms with Gasteiger partial charge in [-0.05, 0) is 18.1 Å². The third-order valence-electron chi connectivity index (χ3n) is 1.85. The third kappa shape index (κ3) is 0.853. The van der Waals surface area contributed by atoms with Crippen LogP contribution in [-0.4, -0.2) is 5.25 Å². The van der Waals surface area contributed by atoms with Crippen molar-refractivity contribution < 1.29 is 0 Å². The zero-order valence-corrected chi connectivity index (χ0v) is 6.82. The van der Waals surface area contributed by atoms with Gasteiger partial charge in [0.1, 0.15) is 0 Å². The Bertz CT molecular complexity index is 233. The minimum absolute atomic E-state index is 0.742. The first-order valence-electron chi connectivity index (χ1n) is 3.67. The molecule has 2 rings (SSSR count). The normalized spacial score (nSPS) is 28.3. The van der Waals surface area contributed by atoms with E-state index in [1.165, 1.54) is 16.9 Å². The van der Waals surface area contributed by atoms with Gasteiger partial charge in [0.15, 0.2) is 0 Å². The fourth-order valence-electron chi connectivity index (χ4n) is 1.26. The maximum Gasteiger partial charge on any atom is 0.0281 e. The molecule has 0 amide bonds. The van der Waals surface area contributed by atoms with Crippen molar-refractivity contribution in [3.05, 3.63) is 34.8 Å². The zero-order valence-electron chi connectivity index (χ0n) is 6.00. The molecule has 2 aliphatic rings. The van der Waals surface area contributed by atoms with Gasteiger partial charge in [-0.25, -0.2) is 0 Å². The molecule has 0 fully saturated rings. The number of hydrogen-bond donors (Lipinski definition) is 0. The summed E-state index contributed by atoms with van der Waals surface area (Å²) in [7, 11) is 0. The van der Waals surface area contributed by atoms with Crippen LogP contribution in [0.1, 0.15) is 13.3 Å². The summed E-state index contributed by atoms with van der Waals surface area (Å²) in [6.45, 7) is 2.24. The van der Waals surface area contributed by atoms with E-state index < -0.39 is 0 Å². The largest absolute Gasteiger partial charge is 0.118 e. The van der Waals surface area contributed by atoms with E-state index in [0.29, 0.717) is 0 Å². The molecule has 0 radical (unpaired) electrons. The second-order valence-electron chi connectivity index (χ2n) is 2.58. The lowest BCUT2D eigenvalue weighted by Gasteiger charge is -1.99. The zero-order chi connectivity index (χ0) is 6.97. The van der Waals surface area contributed by atoms with Crippen LogP contribution in [0.25, 0.3) is 0 Å². The van der Waals surface area contributed by atoms with Gasteiger partial charge in [0.05, 0.1) is 0 Å². The van der Waals surface area contributed by atoms with E-state index in [-0.39, 0.29) is 0 Å². The molecule has 0 N–H and O–H groups in total. The Morgan fingerprint density at radius 2 is 2.50 bits per heavy atom. The Kier molecular flexibility index (Phi) is 1.46. The monoisotopic (exact) mass is 150 g/mol. The fourth-order valence-corrected chi connectivity index (χ4v) is 2.40. The summed E-state index contributed by atoms with van der Waals surface area (Å²) in [6, 6.07) is 0. The van der Waals surface area contributed by atoms with Gasteiger partial charge in [-0.1, -0.05) is 25.2 Å². The van der Waals surface area contributed by atoms with Crippen molar-refractivity contribution in [3.63, 3.8) is 0 Å². The molecule has 1 unspecified atom stereocenters. The third-order valence-corrected chi connectivity index (χ3v) is 3.25. The predicted octanol–water partition coefficient (Wildman–Crippen LogP) is 2.89. The van der Waals surface area contributed by atoms with Gasteiger partial charge in [0.25, 0.3) is 0 Å². The Morgan fingerprint density at radius 3 is 3.20 bits per heavy atom. The summed E-state index contributed by atoms with van der Waals surface area (Å²) >= 11 is 1.99. The number of allylic oxidation sites excluding steroid dienone is 4. The van der Waals surface area contributed by atoms with E-state index in [0.717, 1.165) is 5.25 Å². The number of thioether (sulfide) groups is 1. The van der Waals surface area contributed by atoms with Gasteiger partial charge < -0.3 is 0 Å². The first-order valence-corrected chi connectivity index (χ1v) is 4.55. The van der Waals surface area contributed by atoms with Crippen LogP contribution < -0.4 is 0 Å². The summed E-state index contributed by atoms with van der Waals surface area (Å²) < 4.78 is 0. The topological polar surface area (TPSA) is 0 Å². The van der Waals surface area contributed by atoms with Gasteiger partial charge in [-0.3, -0.25) is 0 Å². The van der Waals surface area contributed by atoms with Crippen molar-refractivity contribution in [1.29, 1.82) is 0 Å². The Labute approximate surface area is 65.7 Å². The first-order chi connectivity index (χ1) is 4.90. The summed E-state index contributed by atoms with van der Waals surface area (Å²) in [5.41, 5.74) is 1.44. The van der Waals surface area contributed by atoms with Crippen LogP contribution in [0.2, 0.25) is 0 Å². The van der Waals surface area contributed by atoms with Crippen molar-refractivity contribution in [2.75, 3.05) is 0 Å². The van der Waals surface area contributed by atoms with E-state index >= 15 is 0 Å². The molecule has 1 heterocycles. The highest BCUT2D eigenvalue weighted by Crippen LogP contribution is 2.41. The van der Waals surface area contributed by atoms with Gasteiger partial charge in [0.2, 0.25) is 0 Å². The number of rotatable bonds is 1. The van der Waals surface area contributed by atoms with Gasteiger partial charge in [-0.15, -0.1) is 11.8 Å². The van der Waals surface area contributed by atoms with E-state index in [1.54, 1.807) is 0 Å². The van der Waals surface area contributed by atoms with Crippen molar-refractivity contribution in [1.82, 2.24) is 0 Å². The average Bonchev–Trinajstić information content (AvgIpc) is 2.42. The maximum absolute atomic E-state index is 2.36. The molecule has 0 aromatic heterocycles. The number of fused-ring (bicyclic) bond motifs is 1. The Hall–Kier alpha value is -0.430. The molecule has 1 aliphatic heterocycles. The lowest BCUT2D eigenvalue weighted by atomic mass is 10.2. The highest BCUT2D eigenvalue weighted by atomic mass is 32.2. The molecule has 10 heavy (non-hydrogen) atoms. The molecular formula is C9H10S. The fraction of sp³-hybridized carbons (Fsp3) is 0.333. The summed E-state index contributed by atoms with van der Waals surface area (Å²) in [4.78, 5) is 1.46. The molecule has 0 aromatic carbocycles. The Morgan fingerprint density at radius 1 is 1.60 bits per heavy atom. The van der Waals surface area contributed by atoms with Crippen LogP contribution in [0.3, 0.4) is 0 Å². The maximum atomic E-state index is 2.36. The highest BCUT2D eigenvalue weighted by molar-refractivity contribution is 8.04. The molecule has 0 spiro atoms. The summed E-state index contributed by atoms with van der Waals surface area (Å²) in [5, 5.41) is 0.742. The number of hydrogen-bond acceptors (Lipinski definition) is 1. The summed E-state index contributed by atoms with van der Waals surface area (Å²) in [6.07, 6.45) is 10.1. The summed E-state index contributed by atoms with van der Waals surface area (Å²) in [5.74, 6) is 0. The van der Waals surface area contributed by atoms with Crippen LogP contribution >= 0.6 is 11.8 Å². The van der Waals surface area contributed by atoms with Crippen LogP contribution in [0.4, 0.5) is 0 Å². The van der Waals surface area contributed by atoms with Crippen molar-refractivity contribution in [3.8, 4) is 0 Å². The predicted molar refractivity (Wildman–Crippen MR) is 47.0 cm³/mol. The highest BCUT2D eigenvalue weighted by Gasteiger charge is 2.19. The second-order valence-corrected chi connectivity index (χ2v) is 3.86. The van der Waals surface area contributed by atoms with Crippen LogP contribution in [0.15, 0.2) is 34.8 Å². The molecule has 0 nitrogen and oxygen atoms in total. The van der Waals surface area contributed by atoms with Crippen LogP contribution in [0.5, 0.6) is 0 Å². The molecule has 1 heteroatoms. The van der Waals surface area contributed by atoms with E-state index in [4.69, 9.17) is 0 Å². The Balaban J connectivity index is 2.25. The SMILES string of the molecule is CCC1C=C2C=CC=C2S1. The van der Waals surface area contributed by atoms with E-state index in [1.807, 2.05) is 11.8 Å². The molecule has 1 aliphatic carbocycles. The molecule has 52 valence electrons. The van der Waals surface area contributed by atoms with Crippen LogP contribution in [-0.2, 0) is 0 Å². The quantitative estimate of drug-likeness (QED) is 0.554. The van der Waals surface area contributed by atoms with Gasteiger partial charge in [0, 0.05) is 10.2 Å². The van der Waals surface area contributed by atoms with Crippen molar-refractivity contribution in [2.45, 2.75) is 18.6 Å². The van der Waals surface area contributed by atoms with Gasteiger partial charge in [-0.2, -0.15) is 0 Å². The van der Waals surface area contributed by atoms with Crippen molar-refractivity contribution >= 4 is 11.8 Å². The van der Waals surface area contributed by atoms with Crippen LogP contribution in [0, 0.1) is 0 Å². The molecular weight excluding hydrogens is 140 g/mol. The second kappa shape index (κ2) is 2.31.